The van der Waals surface area contributed by atoms with E-state index in [1.54, 1.807) is 60.7 Å². The molecule has 0 aliphatic heterocycles. The van der Waals surface area contributed by atoms with Crippen LogP contribution in [0.1, 0.15) is 16.7 Å². The zero-order valence-corrected chi connectivity index (χ0v) is 25.5. The van der Waals surface area contributed by atoms with Crippen molar-refractivity contribution in [1.29, 1.82) is 0 Å². The largest absolute Gasteiger partial charge is 0.357 e. The molecule has 10 heteroatoms. The number of carbonyl (C=O) groups excluding carboxylic acids is 2. The lowest BCUT2D eigenvalue weighted by Gasteiger charge is -2.33. The lowest BCUT2D eigenvalue weighted by Crippen LogP contribution is -2.53. The summed E-state index contributed by atoms with van der Waals surface area (Å²) in [5.74, 6) is -0.961. The van der Waals surface area contributed by atoms with Gasteiger partial charge < -0.3 is 10.2 Å². The Morgan fingerprint density at radius 1 is 0.810 bits per heavy atom. The molecule has 4 rings (SSSR count). The predicted octanol–water partition coefficient (Wildman–Crippen LogP) is 5.88. The van der Waals surface area contributed by atoms with Crippen LogP contribution in [-0.2, 0) is 32.6 Å². The number of hydrogen-bond acceptors (Lipinski definition) is 4. The van der Waals surface area contributed by atoms with Crippen LogP contribution in [0, 0.1) is 6.92 Å². The smallest absolute Gasteiger partial charge is 0.264 e. The van der Waals surface area contributed by atoms with E-state index in [1.165, 1.54) is 24.1 Å². The molecule has 0 saturated carbocycles. The standard InChI is InChI=1S/C32H31Cl2N3O4S/c1-23-12-18-27(19-13-23)42(40,41)37(29-11-7-6-10-28(29)34)22-31(38)36(21-25-14-16-26(33)17-15-25)30(32(39)35-2)20-24-8-4-3-5-9-24/h3-19,30H,20-22H2,1-2H3,(H,35,39)/t30-/m0/s1. The third kappa shape index (κ3) is 7.50. The van der Waals surface area contributed by atoms with Crippen molar-refractivity contribution < 1.29 is 18.0 Å². The maximum absolute atomic E-state index is 14.3. The number of sulfonamides is 1. The quantitative estimate of drug-likeness (QED) is 0.226. The highest BCUT2D eigenvalue weighted by atomic mass is 35.5. The number of aryl methyl sites for hydroxylation is 1. The van der Waals surface area contributed by atoms with Gasteiger partial charge in [0.25, 0.3) is 10.0 Å². The fourth-order valence-electron chi connectivity index (χ4n) is 4.51. The van der Waals surface area contributed by atoms with Gasteiger partial charge in [-0.2, -0.15) is 0 Å². The molecule has 0 spiro atoms. The van der Waals surface area contributed by atoms with E-state index in [0.717, 1.165) is 21.0 Å². The van der Waals surface area contributed by atoms with Gasteiger partial charge in [0, 0.05) is 25.0 Å². The third-order valence-electron chi connectivity index (χ3n) is 6.79. The first-order valence-corrected chi connectivity index (χ1v) is 15.4. The lowest BCUT2D eigenvalue weighted by atomic mass is 10.0. The predicted molar refractivity (Wildman–Crippen MR) is 167 cm³/mol. The van der Waals surface area contributed by atoms with Crippen LogP contribution in [0.15, 0.2) is 108 Å². The number of hydrogen-bond donors (Lipinski definition) is 1. The van der Waals surface area contributed by atoms with E-state index in [1.807, 2.05) is 37.3 Å². The lowest BCUT2D eigenvalue weighted by molar-refractivity contribution is -0.139. The molecule has 0 aliphatic carbocycles. The summed E-state index contributed by atoms with van der Waals surface area (Å²) in [6.45, 7) is 1.31. The molecule has 42 heavy (non-hydrogen) atoms. The van der Waals surface area contributed by atoms with E-state index in [0.29, 0.717) is 5.02 Å². The minimum atomic E-state index is -4.23. The van der Waals surface area contributed by atoms with Gasteiger partial charge in [-0.15, -0.1) is 0 Å². The van der Waals surface area contributed by atoms with Gasteiger partial charge in [0.15, 0.2) is 0 Å². The van der Waals surface area contributed by atoms with Crippen molar-refractivity contribution in [3.05, 3.63) is 130 Å². The van der Waals surface area contributed by atoms with Crippen molar-refractivity contribution in [3.63, 3.8) is 0 Å². The number of anilines is 1. The topological polar surface area (TPSA) is 86.8 Å². The second-order valence-corrected chi connectivity index (χ2v) is 12.4. The van der Waals surface area contributed by atoms with Crippen molar-refractivity contribution in [2.75, 3.05) is 17.9 Å². The zero-order chi connectivity index (χ0) is 30.3. The fourth-order valence-corrected chi connectivity index (χ4v) is 6.36. The van der Waals surface area contributed by atoms with Crippen LogP contribution in [0.4, 0.5) is 5.69 Å². The maximum Gasteiger partial charge on any atom is 0.264 e. The number of benzene rings is 4. The number of nitrogens with one attached hydrogen (secondary N) is 1. The first-order chi connectivity index (χ1) is 20.1. The summed E-state index contributed by atoms with van der Waals surface area (Å²) in [4.78, 5) is 29.0. The Hall–Kier alpha value is -3.85. The Bertz CT molecular complexity index is 1630. The van der Waals surface area contributed by atoms with Crippen molar-refractivity contribution in [2.24, 2.45) is 0 Å². The normalized spacial score (nSPS) is 11.9. The van der Waals surface area contributed by atoms with Crippen LogP contribution < -0.4 is 9.62 Å². The summed E-state index contributed by atoms with van der Waals surface area (Å²) < 4.78 is 29.0. The summed E-state index contributed by atoms with van der Waals surface area (Å²) in [6, 6.07) is 28.1. The van der Waals surface area contributed by atoms with Crippen molar-refractivity contribution in [2.45, 2.75) is 30.8 Å². The van der Waals surface area contributed by atoms with E-state index in [-0.39, 0.29) is 34.5 Å². The monoisotopic (exact) mass is 623 g/mol. The summed E-state index contributed by atoms with van der Waals surface area (Å²) >= 11 is 12.6. The summed E-state index contributed by atoms with van der Waals surface area (Å²) in [7, 11) is -2.72. The van der Waals surface area contributed by atoms with Crippen LogP contribution in [0.5, 0.6) is 0 Å². The Morgan fingerprint density at radius 2 is 1.43 bits per heavy atom. The van der Waals surface area contributed by atoms with Crippen LogP contribution in [-0.4, -0.2) is 44.8 Å². The molecule has 0 aromatic heterocycles. The van der Waals surface area contributed by atoms with Gasteiger partial charge in [-0.25, -0.2) is 8.42 Å². The Labute approximate surface area is 256 Å². The molecule has 0 radical (unpaired) electrons. The van der Waals surface area contributed by atoms with E-state index < -0.39 is 28.5 Å². The molecule has 0 heterocycles. The van der Waals surface area contributed by atoms with Gasteiger partial charge in [-0.3, -0.25) is 13.9 Å². The van der Waals surface area contributed by atoms with Crippen LogP contribution in [0.3, 0.4) is 0 Å². The number of likely N-dealkylation sites (N-methyl/N-ethyl adjacent to an activating group) is 1. The van der Waals surface area contributed by atoms with E-state index in [9.17, 15) is 18.0 Å². The minimum Gasteiger partial charge on any atom is -0.357 e. The Kier molecular flexibility index (Phi) is 10.3. The molecule has 0 unspecified atom stereocenters. The van der Waals surface area contributed by atoms with Crippen LogP contribution in [0.2, 0.25) is 10.0 Å². The van der Waals surface area contributed by atoms with Crippen molar-refractivity contribution in [3.8, 4) is 0 Å². The average molecular weight is 625 g/mol. The number of nitrogens with zero attached hydrogens (tertiary/aromatic N) is 2. The molecule has 0 saturated heterocycles. The molecule has 2 amide bonds. The SMILES string of the molecule is CNC(=O)[C@H](Cc1ccccc1)N(Cc1ccc(Cl)cc1)C(=O)CN(c1ccccc1Cl)S(=O)(=O)c1ccc(C)cc1. The average Bonchev–Trinajstić information content (AvgIpc) is 2.99. The van der Waals surface area contributed by atoms with Gasteiger partial charge in [-0.1, -0.05) is 95.5 Å². The molecular formula is C32H31Cl2N3O4S. The molecule has 1 atom stereocenters. The van der Waals surface area contributed by atoms with Crippen molar-refractivity contribution in [1.82, 2.24) is 10.2 Å². The molecule has 0 aliphatic rings. The van der Waals surface area contributed by atoms with E-state index in [2.05, 4.69) is 5.32 Å². The van der Waals surface area contributed by atoms with Gasteiger partial charge in [0.2, 0.25) is 11.8 Å². The first-order valence-electron chi connectivity index (χ1n) is 13.2. The number of amides is 2. The molecule has 7 nitrogen and oxygen atoms in total. The summed E-state index contributed by atoms with van der Waals surface area (Å²) in [6.07, 6.45) is 0.219. The Morgan fingerprint density at radius 3 is 2.05 bits per heavy atom. The second kappa shape index (κ2) is 13.9. The second-order valence-electron chi connectivity index (χ2n) is 9.74. The van der Waals surface area contributed by atoms with Gasteiger partial charge in [-0.05, 0) is 54.4 Å². The number of halogens is 2. The summed E-state index contributed by atoms with van der Waals surface area (Å²) in [5.41, 5.74) is 2.60. The third-order valence-corrected chi connectivity index (χ3v) is 9.14. The zero-order valence-electron chi connectivity index (χ0n) is 23.2. The fraction of sp³-hybridized carbons (Fsp3) is 0.188. The van der Waals surface area contributed by atoms with Gasteiger partial charge in [0.05, 0.1) is 15.6 Å². The van der Waals surface area contributed by atoms with Gasteiger partial charge in [0.1, 0.15) is 12.6 Å². The summed E-state index contributed by atoms with van der Waals surface area (Å²) in [5, 5.41) is 3.35. The number of rotatable bonds is 11. The maximum atomic E-state index is 14.3. The Balaban J connectivity index is 1.79. The molecule has 4 aromatic carbocycles. The van der Waals surface area contributed by atoms with Crippen molar-refractivity contribution >= 4 is 50.7 Å². The van der Waals surface area contributed by atoms with E-state index in [4.69, 9.17) is 23.2 Å². The molecule has 1 N–H and O–H groups in total. The first kappa shape index (κ1) is 31.1. The molecule has 4 aromatic rings. The number of carbonyl (C=O) groups is 2. The molecule has 0 fully saturated rings. The number of para-hydroxylation sites is 1. The minimum absolute atomic E-state index is 0.0113. The van der Waals surface area contributed by atoms with Gasteiger partial charge >= 0.3 is 0 Å². The van der Waals surface area contributed by atoms with E-state index >= 15 is 0 Å². The molecule has 0 bridgehead atoms. The molecular weight excluding hydrogens is 593 g/mol. The van der Waals surface area contributed by atoms with Crippen LogP contribution >= 0.6 is 23.2 Å². The highest BCUT2D eigenvalue weighted by molar-refractivity contribution is 7.92. The molecule has 218 valence electrons. The highest BCUT2D eigenvalue weighted by Gasteiger charge is 2.35. The van der Waals surface area contributed by atoms with Crippen LogP contribution in [0.25, 0.3) is 0 Å². The highest BCUT2D eigenvalue weighted by Crippen LogP contribution is 2.31.